The highest BCUT2D eigenvalue weighted by atomic mass is 14.4. The summed E-state index contributed by atoms with van der Waals surface area (Å²) < 4.78 is 0. The van der Waals surface area contributed by atoms with Crippen LogP contribution < -0.4 is 0 Å². The Bertz CT molecular complexity index is 816. The molecule has 0 heterocycles. The van der Waals surface area contributed by atoms with E-state index in [1.807, 2.05) is 0 Å². The molecule has 2 unspecified atom stereocenters. The van der Waals surface area contributed by atoms with E-state index in [1.54, 1.807) is 0 Å². The van der Waals surface area contributed by atoms with Crippen LogP contribution in [0.15, 0.2) is 95.7 Å². The van der Waals surface area contributed by atoms with Gasteiger partial charge in [0.25, 0.3) is 0 Å². The molecule has 196 valence electrons. The molecule has 0 aromatic rings. The van der Waals surface area contributed by atoms with Crippen LogP contribution in [-0.2, 0) is 0 Å². The molecule has 0 aromatic carbocycles. The molecule has 2 atom stereocenters. The molecule has 0 N–H and O–H groups in total. The van der Waals surface area contributed by atoms with E-state index >= 15 is 0 Å². The molecular formula is C35H56. The molecule has 0 saturated heterocycles. The highest BCUT2D eigenvalue weighted by Gasteiger charge is 2.37. The van der Waals surface area contributed by atoms with Gasteiger partial charge in [0.2, 0.25) is 0 Å². The minimum absolute atomic E-state index is 0.0599. The molecule has 0 aliphatic rings. The molecule has 0 aliphatic carbocycles. The molecule has 0 amide bonds. The first-order chi connectivity index (χ1) is 16.7. The minimum Gasteiger partial charge on any atom is -0.103 e. The minimum atomic E-state index is -0.167. The van der Waals surface area contributed by atoms with Crippen molar-refractivity contribution in [3.63, 3.8) is 0 Å². The molecule has 0 rings (SSSR count). The fourth-order valence-electron chi connectivity index (χ4n) is 4.80. The first kappa shape index (κ1) is 32.9. The fourth-order valence-corrected chi connectivity index (χ4v) is 4.80. The van der Waals surface area contributed by atoms with Crippen molar-refractivity contribution in [3.05, 3.63) is 95.7 Å². The van der Waals surface area contributed by atoms with Crippen molar-refractivity contribution in [2.45, 2.75) is 114 Å². The van der Waals surface area contributed by atoms with E-state index in [-0.39, 0.29) is 10.8 Å². The van der Waals surface area contributed by atoms with Crippen molar-refractivity contribution in [2.75, 3.05) is 0 Å². The number of hydrogen-bond acceptors (Lipinski definition) is 0. The van der Waals surface area contributed by atoms with Crippen LogP contribution in [0.1, 0.15) is 114 Å². The van der Waals surface area contributed by atoms with Crippen LogP contribution in [0.3, 0.4) is 0 Å². The van der Waals surface area contributed by atoms with E-state index < -0.39 is 0 Å². The maximum Gasteiger partial charge on any atom is 0.0372 e. The van der Waals surface area contributed by atoms with Crippen molar-refractivity contribution in [2.24, 2.45) is 10.8 Å². The van der Waals surface area contributed by atoms with E-state index in [4.69, 9.17) is 0 Å². The zero-order valence-corrected chi connectivity index (χ0v) is 24.7. The van der Waals surface area contributed by atoms with Gasteiger partial charge < -0.3 is 0 Å². The van der Waals surface area contributed by atoms with Gasteiger partial charge in [0.05, 0.1) is 0 Å². The summed E-state index contributed by atoms with van der Waals surface area (Å²) in [5.74, 6) is 0. The zero-order chi connectivity index (χ0) is 26.7. The van der Waals surface area contributed by atoms with E-state index in [0.717, 1.165) is 51.4 Å². The second-order valence-corrected chi connectivity index (χ2v) is 10.0. The third-order valence-electron chi connectivity index (χ3n) is 6.97. The zero-order valence-electron chi connectivity index (χ0n) is 24.7. The topological polar surface area (TPSA) is 0 Å². The number of allylic oxidation sites excluding steroid dienone is 15. The molecule has 0 saturated carbocycles. The van der Waals surface area contributed by atoms with Crippen molar-refractivity contribution in [3.8, 4) is 0 Å². The lowest BCUT2D eigenvalue weighted by Crippen LogP contribution is -2.28. The summed E-state index contributed by atoms with van der Waals surface area (Å²) in [6, 6.07) is 0. The largest absolute Gasteiger partial charge is 0.103 e. The standard InChI is InChI=1S/C35H56/c1-11-17-22-26-34(24-16-6,25-19-13-3)31(9)32(10)35(27-20-14-4,28-21-15-5)33(23-18-12-2)29-30(7)8/h14,16-17,19-23,25,28-29H,6,11-13,15,18,24,26-27H2,1-5,7-10H3. The van der Waals surface area contributed by atoms with Gasteiger partial charge >= 0.3 is 0 Å². The van der Waals surface area contributed by atoms with Crippen LogP contribution in [-0.4, -0.2) is 0 Å². The maximum atomic E-state index is 4.17. The smallest absolute Gasteiger partial charge is 0.0372 e. The number of unbranched alkanes of at least 4 members (excludes halogenated alkanes) is 1. The molecule has 0 spiro atoms. The average Bonchev–Trinajstić information content (AvgIpc) is 2.84. The van der Waals surface area contributed by atoms with Gasteiger partial charge in [-0.2, -0.15) is 0 Å². The normalized spacial score (nSPS) is 17.2. The van der Waals surface area contributed by atoms with Gasteiger partial charge in [-0.15, -0.1) is 6.58 Å². The van der Waals surface area contributed by atoms with Gasteiger partial charge in [-0.3, -0.25) is 0 Å². The Morgan fingerprint density at radius 1 is 0.714 bits per heavy atom. The van der Waals surface area contributed by atoms with Crippen molar-refractivity contribution in [1.29, 1.82) is 0 Å². The first-order valence-electron chi connectivity index (χ1n) is 14.0. The van der Waals surface area contributed by atoms with E-state index in [9.17, 15) is 0 Å². The molecular weight excluding hydrogens is 420 g/mol. The lowest BCUT2D eigenvalue weighted by Gasteiger charge is -2.40. The van der Waals surface area contributed by atoms with Crippen LogP contribution in [0.25, 0.3) is 0 Å². The fraction of sp³-hybridized carbons (Fsp3) is 0.543. The van der Waals surface area contributed by atoms with Crippen LogP contribution in [0, 0.1) is 10.8 Å². The average molecular weight is 477 g/mol. The second kappa shape index (κ2) is 18.2. The van der Waals surface area contributed by atoms with E-state index in [1.165, 1.54) is 22.3 Å². The van der Waals surface area contributed by atoms with Crippen molar-refractivity contribution in [1.82, 2.24) is 0 Å². The highest BCUT2D eigenvalue weighted by Crippen LogP contribution is 2.49. The molecule has 0 aliphatic heterocycles. The van der Waals surface area contributed by atoms with Gasteiger partial charge in [0.15, 0.2) is 0 Å². The van der Waals surface area contributed by atoms with Crippen LogP contribution in [0.5, 0.6) is 0 Å². The predicted octanol–water partition coefficient (Wildman–Crippen LogP) is 11.8. The third kappa shape index (κ3) is 10.2. The Balaban J connectivity index is 7.59. The van der Waals surface area contributed by atoms with E-state index in [0.29, 0.717) is 0 Å². The number of rotatable bonds is 17. The Labute approximate surface area is 220 Å². The Kier molecular flexibility index (Phi) is 17.1. The lowest BCUT2D eigenvalue weighted by atomic mass is 9.64. The third-order valence-corrected chi connectivity index (χ3v) is 6.97. The summed E-state index contributed by atoms with van der Waals surface area (Å²) in [5, 5.41) is 0. The lowest BCUT2D eigenvalue weighted by molar-refractivity contribution is 0.445. The van der Waals surface area contributed by atoms with Gasteiger partial charge in [-0.1, -0.05) is 118 Å². The molecule has 0 radical (unpaired) electrons. The van der Waals surface area contributed by atoms with E-state index in [2.05, 4.69) is 136 Å². The Hall–Kier alpha value is -2.08. The molecule has 35 heavy (non-hydrogen) atoms. The summed E-state index contributed by atoms with van der Waals surface area (Å²) in [6.45, 7) is 24.5. The van der Waals surface area contributed by atoms with Gasteiger partial charge in [0.1, 0.15) is 0 Å². The quantitative estimate of drug-likeness (QED) is 0.145. The van der Waals surface area contributed by atoms with Crippen molar-refractivity contribution >= 4 is 0 Å². The second-order valence-electron chi connectivity index (χ2n) is 10.0. The summed E-state index contributed by atoms with van der Waals surface area (Å²) in [5.41, 5.74) is 5.48. The van der Waals surface area contributed by atoms with Crippen molar-refractivity contribution < 1.29 is 0 Å². The first-order valence-corrected chi connectivity index (χ1v) is 14.0. The summed E-state index contributed by atoms with van der Waals surface area (Å²) >= 11 is 0. The van der Waals surface area contributed by atoms with Gasteiger partial charge in [-0.25, -0.2) is 0 Å². The monoisotopic (exact) mass is 476 g/mol. The highest BCUT2D eigenvalue weighted by molar-refractivity contribution is 5.46. The summed E-state index contributed by atoms with van der Waals surface area (Å²) in [7, 11) is 0. The SMILES string of the molecule is C=CCC(C=CCC)(CC=CCC)C(C)=C(C)C(C=CCC)(CC=CC)C(C=C(C)C)=CCCC. The Morgan fingerprint density at radius 2 is 1.34 bits per heavy atom. The molecule has 0 aromatic heterocycles. The summed E-state index contributed by atoms with van der Waals surface area (Å²) in [6.07, 6.45) is 34.2. The summed E-state index contributed by atoms with van der Waals surface area (Å²) in [4.78, 5) is 0. The van der Waals surface area contributed by atoms with Crippen LogP contribution in [0.2, 0.25) is 0 Å². The maximum absolute atomic E-state index is 4.17. The molecule has 0 fully saturated rings. The molecule has 0 bridgehead atoms. The molecule has 0 nitrogen and oxygen atoms in total. The van der Waals surface area contributed by atoms with Gasteiger partial charge in [0, 0.05) is 10.8 Å². The van der Waals surface area contributed by atoms with Crippen LogP contribution in [0.4, 0.5) is 0 Å². The van der Waals surface area contributed by atoms with Gasteiger partial charge in [-0.05, 0) is 85.1 Å². The predicted molar refractivity (Wildman–Crippen MR) is 163 cm³/mol. The Morgan fingerprint density at radius 3 is 1.86 bits per heavy atom. The molecule has 0 heteroatoms. The number of hydrogen-bond donors (Lipinski definition) is 0. The van der Waals surface area contributed by atoms with Crippen LogP contribution >= 0.6 is 0 Å².